The fourth-order valence-corrected chi connectivity index (χ4v) is 3.89. The Morgan fingerprint density at radius 2 is 1.41 bits per heavy atom. The SMILES string of the molecule is CCOc1ccc(N=c2cc(-c3ccc(OC)cc3)cc(OC)c3c(C)oc(C)c23)cc1. The summed E-state index contributed by atoms with van der Waals surface area (Å²) >= 11 is 0. The predicted molar refractivity (Wildman–Crippen MR) is 127 cm³/mol. The van der Waals surface area contributed by atoms with Crippen molar-refractivity contribution in [2.45, 2.75) is 20.8 Å². The van der Waals surface area contributed by atoms with E-state index in [1.165, 1.54) is 0 Å². The van der Waals surface area contributed by atoms with Crippen molar-refractivity contribution in [2.75, 3.05) is 20.8 Å². The summed E-state index contributed by atoms with van der Waals surface area (Å²) in [6.07, 6.45) is 0. The predicted octanol–water partition coefficient (Wildman–Crippen LogP) is 6.36. The van der Waals surface area contributed by atoms with Crippen LogP contribution >= 0.6 is 0 Å². The Kier molecular flexibility index (Phi) is 6.17. The number of hydrogen-bond acceptors (Lipinski definition) is 5. The van der Waals surface area contributed by atoms with E-state index in [1.54, 1.807) is 14.2 Å². The van der Waals surface area contributed by atoms with Crippen LogP contribution in [-0.4, -0.2) is 20.8 Å². The monoisotopic (exact) mass is 429 g/mol. The molecule has 0 saturated carbocycles. The highest BCUT2D eigenvalue weighted by Gasteiger charge is 2.15. The van der Waals surface area contributed by atoms with Crippen LogP contribution in [0.4, 0.5) is 5.69 Å². The summed E-state index contributed by atoms with van der Waals surface area (Å²) in [6.45, 7) is 6.51. The molecule has 3 aromatic carbocycles. The van der Waals surface area contributed by atoms with E-state index in [0.29, 0.717) is 6.61 Å². The Labute approximate surface area is 187 Å². The molecule has 0 saturated heterocycles. The Hall–Kier alpha value is -3.73. The average Bonchev–Trinajstić information content (AvgIpc) is 3.00. The lowest BCUT2D eigenvalue weighted by atomic mass is 10.1. The summed E-state index contributed by atoms with van der Waals surface area (Å²) in [6, 6.07) is 19.8. The maximum atomic E-state index is 5.98. The van der Waals surface area contributed by atoms with Gasteiger partial charge in [-0.2, -0.15) is 0 Å². The number of furan rings is 1. The van der Waals surface area contributed by atoms with Gasteiger partial charge in [-0.15, -0.1) is 0 Å². The molecule has 1 heterocycles. The van der Waals surface area contributed by atoms with Gasteiger partial charge in [-0.3, -0.25) is 0 Å². The summed E-state index contributed by atoms with van der Waals surface area (Å²) in [5.41, 5.74) is 2.86. The summed E-state index contributed by atoms with van der Waals surface area (Å²) in [7, 11) is 3.34. The molecular formula is C27H27NO4. The molecule has 0 radical (unpaired) electrons. The third kappa shape index (κ3) is 4.19. The number of hydrogen-bond donors (Lipinski definition) is 0. The van der Waals surface area contributed by atoms with Crippen molar-refractivity contribution in [3.63, 3.8) is 0 Å². The van der Waals surface area contributed by atoms with Crippen LogP contribution in [-0.2, 0) is 0 Å². The lowest BCUT2D eigenvalue weighted by Gasteiger charge is -2.04. The number of methoxy groups -OCH3 is 2. The third-order valence-electron chi connectivity index (χ3n) is 5.38. The van der Waals surface area contributed by atoms with E-state index in [2.05, 4.69) is 6.07 Å². The van der Waals surface area contributed by atoms with Crippen LogP contribution < -0.4 is 19.6 Å². The third-order valence-corrected chi connectivity index (χ3v) is 5.38. The molecule has 0 unspecified atom stereocenters. The lowest BCUT2D eigenvalue weighted by Crippen LogP contribution is -2.00. The summed E-state index contributed by atoms with van der Waals surface area (Å²) in [5, 5.41) is 2.68. The van der Waals surface area contributed by atoms with Crippen molar-refractivity contribution in [3.8, 4) is 28.4 Å². The molecule has 164 valence electrons. The first-order valence-electron chi connectivity index (χ1n) is 10.6. The fourth-order valence-electron chi connectivity index (χ4n) is 3.89. The van der Waals surface area contributed by atoms with Crippen LogP contribution in [0.2, 0.25) is 0 Å². The Morgan fingerprint density at radius 3 is 2.03 bits per heavy atom. The van der Waals surface area contributed by atoms with E-state index in [1.807, 2.05) is 75.4 Å². The zero-order valence-corrected chi connectivity index (χ0v) is 19.1. The van der Waals surface area contributed by atoms with E-state index >= 15 is 0 Å². The normalized spacial score (nSPS) is 11.6. The number of nitrogens with zero attached hydrogens (tertiary/aromatic N) is 1. The van der Waals surface area contributed by atoms with Gasteiger partial charge in [-0.1, -0.05) is 12.1 Å². The van der Waals surface area contributed by atoms with E-state index in [-0.39, 0.29) is 0 Å². The number of aryl methyl sites for hydroxylation is 2. The molecule has 0 aliphatic carbocycles. The van der Waals surface area contributed by atoms with Gasteiger partial charge in [0, 0.05) is 0 Å². The van der Waals surface area contributed by atoms with E-state index in [9.17, 15) is 0 Å². The number of fused-ring (bicyclic) bond motifs is 1. The zero-order chi connectivity index (χ0) is 22.7. The minimum absolute atomic E-state index is 0.629. The van der Waals surface area contributed by atoms with Gasteiger partial charge in [0.1, 0.15) is 28.8 Å². The van der Waals surface area contributed by atoms with Crippen molar-refractivity contribution < 1.29 is 18.6 Å². The molecular weight excluding hydrogens is 402 g/mol. The van der Waals surface area contributed by atoms with Gasteiger partial charge in [0.2, 0.25) is 0 Å². The summed E-state index contributed by atoms with van der Waals surface area (Å²) in [5.74, 6) is 3.98. The molecule has 0 aliphatic rings. The highest BCUT2D eigenvalue weighted by molar-refractivity contribution is 5.93. The van der Waals surface area contributed by atoms with Gasteiger partial charge in [-0.05, 0) is 80.4 Å². The molecule has 4 rings (SSSR count). The average molecular weight is 430 g/mol. The first-order valence-corrected chi connectivity index (χ1v) is 10.6. The van der Waals surface area contributed by atoms with Crippen molar-refractivity contribution in [1.29, 1.82) is 0 Å². The molecule has 5 nitrogen and oxygen atoms in total. The van der Waals surface area contributed by atoms with E-state index in [0.717, 1.165) is 61.7 Å². The fraction of sp³-hybridized carbons (Fsp3) is 0.222. The lowest BCUT2D eigenvalue weighted by molar-refractivity contribution is 0.340. The molecule has 0 N–H and O–H groups in total. The molecule has 0 amide bonds. The Bertz CT molecular complexity index is 1300. The maximum absolute atomic E-state index is 5.98. The molecule has 0 spiro atoms. The van der Waals surface area contributed by atoms with Gasteiger partial charge in [0.05, 0.1) is 42.6 Å². The summed E-state index contributed by atoms with van der Waals surface area (Å²) < 4.78 is 22.6. The topological polar surface area (TPSA) is 53.2 Å². The quantitative estimate of drug-likeness (QED) is 0.358. The molecule has 0 fully saturated rings. The Morgan fingerprint density at radius 1 is 0.750 bits per heavy atom. The second-order valence-corrected chi connectivity index (χ2v) is 7.43. The smallest absolute Gasteiger partial charge is 0.130 e. The van der Waals surface area contributed by atoms with Gasteiger partial charge in [0.15, 0.2) is 0 Å². The maximum Gasteiger partial charge on any atom is 0.130 e. The highest BCUT2D eigenvalue weighted by Crippen LogP contribution is 2.34. The van der Waals surface area contributed by atoms with Crippen LogP contribution in [0.5, 0.6) is 17.2 Å². The van der Waals surface area contributed by atoms with Crippen molar-refractivity contribution in [1.82, 2.24) is 0 Å². The van der Waals surface area contributed by atoms with Crippen molar-refractivity contribution in [3.05, 3.63) is 77.5 Å². The largest absolute Gasteiger partial charge is 0.497 e. The molecule has 5 heteroatoms. The second-order valence-electron chi connectivity index (χ2n) is 7.43. The van der Waals surface area contributed by atoms with Gasteiger partial charge in [0.25, 0.3) is 0 Å². The zero-order valence-electron chi connectivity index (χ0n) is 19.1. The minimum atomic E-state index is 0.629. The number of rotatable bonds is 6. The summed E-state index contributed by atoms with van der Waals surface area (Å²) in [4.78, 5) is 4.98. The second kappa shape index (κ2) is 9.18. The first-order chi connectivity index (χ1) is 15.5. The van der Waals surface area contributed by atoms with Crippen molar-refractivity contribution >= 4 is 16.5 Å². The molecule has 0 bridgehead atoms. The van der Waals surface area contributed by atoms with E-state index in [4.69, 9.17) is 23.6 Å². The first kappa shape index (κ1) is 21.5. The van der Waals surface area contributed by atoms with Crippen LogP contribution in [0.15, 0.2) is 70.1 Å². The van der Waals surface area contributed by atoms with Gasteiger partial charge >= 0.3 is 0 Å². The number of benzene rings is 2. The van der Waals surface area contributed by atoms with Crippen LogP contribution in [0, 0.1) is 13.8 Å². The van der Waals surface area contributed by atoms with Gasteiger partial charge in [-0.25, -0.2) is 4.99 Å². The number of ether oxygens (including phenoxy) is 3. The van der Waals surface area contributed by atoms with E-state index < -0.39 is 0 Å². The highest BCUT2D eigenvalue weighted by atomic mass is 16.5. The van der Waals surface area contributed by atoms with Crippen molar-refractivity contribution in [2.24, 2.45) is 4.99 Å². The molecule has 0 atom stereocenters. The van der Waals surface area contributed by atoms with Crippen LogP contribution in [0.3, 0.4) is 0 Å². The standard InChI is InChI=1S/C27H27NO4/c1-6-31-23-13-9-21(10-14-23)28-24-15-20(19-7-11-22(29-4)12-8-19)16-25(30-5)27-18(3)32-17(2)26(24)27/h7-16H,6H2,1-5H3. The Balaban J connectivity index is 2.01. The molecule has 0 aliphatic heterocycles. The van der Waals surface area contributed by atoms with Gasteiger partial charge < -0.3 is 18.6 Å². The molecule has 1 aromatic heterocycles. The van der Waals surface area contributed by atoms with Crippen LogP contribution in [0.25, 0.3) is 21.9 Å². The molecule has 4 aromatic rings. The molecule has 32 heavy (non-hydrogen) atoms. The minimum Gasteiger partial charge on any atom is -0.497 e. The van der Waals surface area contributed by atoms with Crippen LogP contribution in [0.1, 0.15) is 18.4 Å².